The van der Waals surface area contributed by atoms with Crippen LogP contribution in [0.1, 0.15) is 42.6 Å². The molecule has 2 aromatic rings. The van der Waals surface area contributed by atoms with E-state index in [0.29, 0.717) is 24.1 Å². The summed E-state index contributed by atoms with van der Waals surface area (Å²) in [4.78, 5) is 39.6. The van der Waals surface area contributed by atoms with Crippen molar-refractivity contribution in [1.82, 2.24) is 10.2 Å². The Bertz CT molecular complexity index is 900. The SMILES string of the molecule is CC(CNC(=O)C1(C)CCCN1C(=O)c1ccccc1)(C(=O)O)c1ccccc1. The minimum Gasteiger partial charge on any atom is -0.481 e. The largest absolute Gasteiger partial charge is 0.481 e. The van der Waals surface area contributed by atoms with Gasteiger partial charge in [0.2, 0.25) is 5.91 Å². The van der Waals surface area contributed by atoms with Gasteiger partial charge in [-0.25, -0.2) is 0 Å². The number of nitrogens with one attached hydrogen (secondary N) is 1. The third-order valence-corrected chi connectivity index (χ3v) is 5.88. The topological polar surface area (TPSA) is 86.7 Å². The first-order valence-corrected chi connectivity index (χ1v) is 9.73. The van der Waals surface area contributed by atoms with E-state index in [-0.39, 0.29) is 18.4 Å². The van der Waals surface area contributed by atoms with E-state index in [2.05, 4.69) is 5.32 Å². The van der Waals surface area contributed by atoms with Crippen LogP contribution in [-0.4, -0.2) is 46.4 Å². The number of hydrogen-bond donors (Lipinski definition) is 2. The lowest BCUT2D eigenvalue weighted by molar-refractivity contribution is -0.143. The molecule has 2 amide bonds. The highest BCUT2D eigenvalue weighted by atomic mass is 16.4. The predicted molar refractivity (Wildman–Crippen MR) is 110 cm³/mol. The van der Waals surface area contributed by atoms with Gasteiger partial charge in [0.25, 0.3) is 5.91 Å². The number of amides is 2. The van der Waals surface area contributed by atoms with Gasteiger partial charge in [-0.05, 0) is 44.4 Å². The Kier molecular flexibility index (Phi) is 5.73. The maximum atomic E-state index is 13.1. The average molecular weight is 394 g/mol. The number of hydrogen-bond acceptors (Lipinski definition) is 3. The zero-order valence-corrected chi connectivity index (χ0v) is 16.7. The molecule has 152 valence electrons. The molecule has 0 spiro atoms. The molecule has 2 N–H and O–H groups in total. The molecular weight excluding hydrogens is 368 g/mol. The molecule has 1 aliphatic rings. The summed E-state index contributed by atoms with van der Waals surface area (Å²) < 4.78 is 0. The number of carboxylic acid groups (broad SMARTS) is 1. The summed E-state index contributed by atoms with van der Waals surface area (Å²) in [6.07, 6.45) is 1.25. The van der Waals surface area contributed by atoms with Crippen LogP contribution in [-0.2, 0) is 15.0 Å². The molecule has 0 bridgehead atoms. The Morgan fingerprint density at radius 3 is 2.24 bits per heavy atom. The van der Waals surface area contributed by atoms with Crippen molar-refractivity contribution in [2.75, 3.05) is 13.1 Å². The number of likely N-dealkylation sites (tertiary alicyclic amines) is 1. The van der Waals surface area contributed by atoms with E-state index >= 15 is 0 Å². The molecule has 1 heterocycles. The van der Waals surface area contributed by atoms with Crippen LogP contribution in [0.4, 0.5) is 0 Å². The summed E-state index contributed by atoms with van der Waals surface area (Å²) in [6.45, 7) is 3.77. The van der Waals surface area contributed by atoms with Crippen LogP contribution in [0.5, 0.6) is 0 Å². The van der Waals surface area contributed by atoms with Gasteiger partial charge in [0.15, 0.2) is 0 Å². The van der Waals surface area contributed by atoms with E-state index in [0.717, 1.165) is 6.42 Å². The maximum Gasteiger partial charge on any atom is 0.315 e. The van der Waals surface area contributed by atoms with E-state index in [1.165, 1.54) is 0 Å². The molecule has 1 fully saturated rings. The van der Waals surface area contributed by atoms with Crippen molar-refractivity contribution >= 4 is 17.8 Å². The fourth-order valence-electron chi connectivity index (χ4n) is 3.82. The van der Waals surface area contributed by atoms with Gasteiger partial charge < -0.3 is 15.3 Å². The van der Waals surface area contributed by atoms with Gasteiger partial charge in [-0.2, -0.15) is 0 Å². The monoisotopic (exact) mass is 394 g/mol. The number of benzene rings is 2. The Balaban J connectivity index is 1.78. The van der Waals surface area contributed by atoms with Crippen molar-refractivity contribution in [3.8, 4) is 0 Å². The number of carboxylic acids is 1. The van der Waals surface area contributed by atoms with Crippen molar-refractivity contribution in [2.45, 2.75) is 37.6 Å². The van der Waals surface area contributed by atoms with Crippen molar-refractivity contribution in [3.05, 3.63) is 71.8 Å². The van der Waals surface area contributed by atoms with Gasteiger partial charge in [0.1, 0.15) is 11.0 Å². The Morgan fingerprint density at radius 1 is 1.07 bits per heavy atom. The zero-order valence-electron chi connectivity index (χ0n) is 16.7. The number of nitrogens with zero attached hydrogens (tertiary/aromatic N) is 1. The Morgan fingerprint density at radius 2 is 1.66 bits per heavy atom. The van der Waals surface area contributed by atoms with Gasteiger partial charge in [0.05, 0.1) is 0 Å². The molecule has 0 aliphatic carbocycles. The molecule has 0 radical (unpaired) electrons. The van der Waals surface area contributed by atoms with Crippen molar-refractivity contribution in [1.29, 1.82) is 0 Å². The van der Waals surface area contributed by atoms with Gasteiger partial charge in [0, 0.05) is 18.7 Å². The summed E-state index contributed by atoms with van der Waals surface area (Å²) >= 11 is 0. The summed E-state index contributed by atoms with van der Waals surface area (Å²) in [7, 11) is 0. The lowest BCUT2D eigenvalue weighted by atomic mass is 9.82. The third-order valence-electron chi connectivity index (χ3n) is 5.88. The average Bonchev–Trinajstić information content (AvgIpc) is 3.15. The highest BCUT2D eigenvalue weighted by Crippen LogP contribution is 2.31. The van der Waals surface area contributed by atoms with E-state index in [1.807, 2.05) is 12.1 Å². The third kappa shape index (κ3) is 3.88. The number of aliphatic carboxylic acids is 1. The fraction of sp³-hybridized carbons (Fsp3) is 0.348. The normalized spacial score (nSPS) is 20.7. The molecule has 1 saturated heterocycles. The summed E-state index contributed by atoms with van der Waals surface area (Å²) in [5.41, 5.74) is -1.13. The fourth-order valence-corrected chi connectivity index (χ4v) is 3.82. The van der Waals surface area contributed by atoms with Crippen LogP contribution in [0.2, 0.25) is 0 Å². The van der Waals surface area contributed by atoms with Crippen molar-refractivity contribution < 1.29 is 19.5 Å². The molecule has 6 nitrogen and oxygen atoms in total. The van der Waals surface area contributed by atoms with Crippen molar-refractivity contribution in [2.24, 2.45) is 0 Å². The minimum absolute atomic E-state index is 0.0614. The lowest BCUT2D eigenvalue weighted by Crippen LogP contribution is -2.57. The number of carbonyl (C=O) groups excluding carboxylic acids is 2. The van der Waals surface area contributed by atoms with Gasteiger partial charge in [-0.3, -0.25) is 14.4 Å². The molecule has 29 heavy (non-hydrogen) atoms. The highest BCUT2D eigenvalue weighted by Gasteiger charge is 2.47. The first-order chi connectivity index (χ1) is 13.8. The minimum atomic E-state index is -1.26. The van der Waals surface area contributed by atoms with Crippen LogP contribution < -0.4 is 5.32 Å². The van der Waals surface area contributed by atoms with Crippen LogP contribution in [0.25, 0.3) is 0 Å². The van der Waals surface area contributed by atoms with E-state index < -0.39 is 16.9 Å². The van der Waals surface area contributed by atoms with E-state index in [1.54, 1.807) is 67.3 Å². The first kappa shape index (κ1) is 20.6. The second kappa shape index (κ2) is 8.07. The molecule has 3 rings (SSSR count). The smallest absolute Gasteiger partial charge is 0.315 e. The summed E-state index contributed by atoms with van der Waals surface area (Å²) in [5.74, 6) is -1.54. The molecule has 2 atom stereocenters. The lowest BCUT2D eigenvalue weighted by Gasteiger charge is -2.35. The molecule has 1 aliphatic heterocycles. The molecular formula is C23H26N2O4. The van der Waals surface area contributed by atoms with Crippen LogP contribution in [0.15, 0.2) is 60.7 Å². The molecule has 2 aromatic carbocycles. The van der Waals surface area contributed by atoms with E-state index in [4.69, 9.17) is 0 Å². The second-order valence-electron chi connectivity index (χ2n) is 7.89. The van der Waals surface area contributed by atoms with Crippen LogP contribution in [0.3, 0.4) is 0 Å². The quantitative estimate of drug-likeness (QED) is 0.789. The van der Waals surface area contributed by atoms with Gasteiger partial charge >= 0.3 is 5.97 Å². The molecule has 2 unspecified atom stereocenters. The van der Waals surface area contributed by atoms with E-state index in [9.17, 15) is 19.5 Å². The second-order valence-corrected chi connectivity index (χ2v) is 7.89. The van der Waals surface area contributed by atoms with Gasteiger partial charge in [-0.1, -0.05) is 48.5 Å². The Labute approximate surface area is 170 Å². The maximum absolute atomic E-state index is 13.1. The number of carbonyl (C=O) groups is 3. The zero-order chi connectivity index (χ0) is 21.1. The predicted octanol–water partition coefficient (Wildman–Crippen LogP) is 2.84. The van der Waals surface area contributed by atoms with Gasteiger partial charge in [-0.15, -0.1) is 0 Å². The van der Waals surface area contributed by atoms with Crippen molar-refractivity contribution in [3.63, 3.8) is 0 Å². The van der Waals surface area contributed by atoms with Crippen LogP contribution in [0, 0.1) is 0 Å². The summed E-state index contributed by atoms with van der Waals surface area (Å²) in [5, 5.41) is 12.6. The Hall–Kier alpha value is -3.15. The number of rotatable bonds is 6. The standard InChI is InChI=1S/C23H26N2O4/c1-22(21(28)29,18-12-7-4-8-13-18)16-24-20(27)23(2)14-9-15-25(23)19(26)17-10-5-3-6-11-17/h3-8,10-13H,9,14-16H2,1-2H3,(H,24,27)(H,28,29). The molecule has 6 heteroatoms. The van der Waals surface area contributed by atoms with Crippen LogP contribution >= 0.6 is 0 Å². The first-order valence-electron chi connectivity index (χ1n) is 9.73. The molecule has 0 aromatic heterocycles. The molecule has 0 saturated carbocycles. The summed E-state index contributed by atoms with van der Waals surface area (Å²) in [6, 6.07) is 17.7. The highest BCUT2D eigenvalue weighted by molar-refractivity contribution is 5.99.